The van der Waals surface area contributed by atoms with Crippen LogP contribution in [0.3, 0.4) is 0 Å². The Morgan fingerprint density at radius 3 is 2.42 bits per heavy atom. The van der Waals surface area contributed by atoms with E-state index in [0.717, 1.165) is 42.4 Å². The Kier molecular flexibility index (Phi) is 4.79. The third-order valence-electron chi connectivity index (χ3n) is 8.60. The van der Waals surface area contributed by atoms with Crippen LogP contribution in [0.4, 0.5) is 8.78 Å². The number of esters is 1. The minimum absolute atomic E-state index is 0.0835. The summed E-state index contributed by atoms with van der Waals surface area (Å²) in [5, 5.41) is 8.42. The Balaban J connectivity index is 1.26. The average Bonchev–Trinajstić information content (AvgIpc) is 3.51. The van der Waals surface area contributed by atoms with E-state index in [9.17, 15) is 18.4 Å². The van der Waals surface area contributed by atoms with Crippen molar-refractivity contribution in [1.29, 1.82) is 0 Å². The van der Waals surface area contributed by atoms with Gasteiger partial charge < -0.3 is 14.6 Å². The SMILES string of the molecule is CCC1(Oc2ccc(C(=O)OCC(F)(F)C(=O)O)cc2)CC2CC1C1C3CCC(C3)C21. The first-order valence-corrected chi connectivity index (χ1v) is 11.3. The van der Waals surface area contributed by atoms with E-state index in [0.29, 0.717) is 11.7 Å². The number of carboxylic acids is 1. The molecule has 4 aliphatic carbocycles. The summed E-state index contributed by atoms with van der Waals surface area (Å²) in [6.07, 6.45) is 7.48. The maximum absolute atomic E-state index is 13.1. The molecule has 168 valence electrons. The van der Waals surface area contributed by atoms with Crippen molar-refractivity contribution < 1.29 is 33.0 Å². The van der Waals surface area contributed by atoms with Crippen LogP contribution >= 0.6 is 0 Å². The van der Waals surface area contributed by atoms with Gasteiger partial charge in [-0.2, -0.15) is 8.78 Å². The summed E-state index contributed by atoms with van der Waals surface area (Å²) in [5.74, 6) is -1.91. The van der Waals surface area contributed by atoms with Crippen molar-refractivity contribution in [2.75, 3.05) is 6.61 Å². The molecule has 4 saturated carbocycles. The average molecular weight is 434 g/mol. The van der Waals surface area contributed by atoms with Crippen LogP contribution in [-0.2, 0) is 9.53 Å². The Bertz CT molecular complexity index is 884. The second-order valence-electron chi connectivity index (χ2n) is 9.92. The van der Waals surface area contributed by atoms with Crippen molar-refractivity contribution in [1.82, 2.24) is 0 Å². The van der Waals surface area contributed by atoms with Gasteiger partial charge in [0.1, 0.15) is 11.4 Å². The largest absolute Gasteiger partial charge is 0.487 e. The first kappa shape index (κ1) is 20.7. The summed E-state index contributed by atoms with van der Waals surface area (Å²) >= 11 is 0. The smallest absolute Gasteiger partial charge is 0.378 e. The summed E-state index contributed by atoms with van der Waals surface area (Å²) in [6, 6.07) is 6.31. The number of hydrogen-bond acceptors (Lipinski definition) is 4. The van der Waals surface area contributed by atoms with Crippen molar-refractivity contribution in [2.24, 2.45) is 35.5 Å². The van der Waals surface area contributed by atoms with Crippen LogP contribution in [0.15, 0.2) is 24.3 Å². The number of aliphatic carboxylic acids is 1. The lowest BCUT2D eigenvalue weighted by atomic mass is 9.65. The van der Waals surface area contributed by atoms with E-state index < -0.39 is 24.5 Å². The fourth-order valence-corrected chi connectivity index (χ4v) is 7.49. The van der Waals surface area contributed by atoms with E-state index in [1.807, 2.05) is 0 Å². The monoisotopic (exact) mass is 434 g/mol. The van der Waals surface area contributed by atoms with E-state index in [-0.39, 0.29) is 11.2 Å². The van der Waals surface area contributed by atoms with Gasteiger partial charge in [0.25, 0.3) is 0 Å². The van der Waals surface area contributed by atoms with Crippen molar-refractivity contribution in [3.8, 4) is 5.75 Å². The number of fused-ring (bicyclic) bond motifs is 9. The number of carbonyl (C=O) groups is 2. The van der Waals surface area contributed by atoms with E-state index in [4.69, 9.17) is 9.84 Å². The van der Waals surface area contributed by atoms with E-state index in [1.54, 1.807) is 12.1 Å². The standard InChI is InChI=1S/C24H28F2O5/c1-2-23(11-16-10-18(23)20-15-4-3-14(9-15)19(16)20)31-17-7-5-13(6-8-17)21(27)30-12-24(25,26)22(28)29/h5-8,14-16,18-20H,2-4,9-12H2,1H3,(H,28,29). The highest BCUT2D eigenvalue weighted by Gasteiger charge is 2.67. The zero-order valence-corrected chi connectivity index (χ0v) is 17.6. The fourth-order valence-electron chi connectivity index (χ4n) is 7.49. The molecule has 0 aromatic heterocycles. The van der Waals surface area contributed by atoms with Crippen LogP contribution in [0.5, 0.6) is 5.75 Å². The molecule has 5 rings (SSSR count). The van der Waals surface area contributed by atoms with Gasteiger partial charge in [0.05, 0.1) is 5.56 Å². The number of hydrogen-bond donors (Lipinski definition) is 1. The molecule has 31 heavy (non-hydrogen) atoms. The second kappa shape index (κ2) is 7.17. The predicted molar refractivity (Wildman–Crippen MR) is 107 cm³/mol. The number of carbonyl (C=O) groups excluding carboxylic acids is 1. The maximum Gasteiger partial charge on any atom is 0.378 e. The van der Waals surface area contributed by atoms with Crippen molar-refractivity contribution in [2.45, 2.75) is 57.0 Å². The summed E-state index contributed by atoms with van der Waals surface area (Å²) in [5.41, 5.74) is -0.0813. The lowest BCUT2D eigenvalue weighted by Crippen LogP contribution is -2.48. The van der Waals surface area contributed by atoms with Crippen LogP contribution in [0, 0.1) is 35.5 Å². The number of halogens is 2. The first-order valence-electron chi connectivity index (χ1n) is 11.3. The number of benzene rings is 1. The molecule has 0 saturated heterocycles. The van der Waals surface area contributed by atoms with Crippen molar-refractivity contribution >= 4 is 11.9 Å². The third-order valence-corrected chi connectivity index (χ3v) is 8.60. The zero-order chi connectivity index (χ0) is 22.0. The topological polar surface area (TPSA) is 72.8 Å². The summed E-state index contributed by atoms with van der Waals surface area (Å²) in [7, 11) is 0. The highest BCUT2D eigenvalue weighted by atomic mass is 19.3. The lowest BCUT2D eigenvalue weighted by molar-refractivity contribution is -0.170. The first-order chi connectivity index (χ1) is 14.7. The number of alkyl halides is 2. The van der Waals surface area contributed by atoms with Crippen LogP contribution in [-0.4, -0.2) is 35.2 Å². The molecule has 4 aliphatic rings. The summed E-state index contributed by atoms with van der Waals surface area (Å²) in [6.45, 7) is 0.698. The van der Waals surface area contributed by atoms with Gasteiger partial charge >= 0.3 is 17.9 Å². The molecule has 0 heterocycles. The Morgan fingerprint density at radius 2 is 1.77 bits per heavy atom. The molecule has 5 nitrogen and oxygen atoms in total. The third kappa shape index (κ3) is 3.23. The van der Waals surface area contributed by atoms with Gasteiger partial charge in [-0.05, 0) is 92.4 Å². The van der Waals surface area contributed by atoms with Gasteiger partial charge in [-0.15, -0.1) is 0 Å². The van der Waals surface area contributed by atoms with Crippen molar-refractivity contribution in [3.05, 3.63) is 29.8 Å². The zero-order valence-electron chi connectivity index (χ0n) is 17.6. The highest BCUT2D eigenvalue weighted by molar-refractivity contribution is 5.89. The molecule has 7 unspecified atom stereocenters. The van der Waals surface area contributed by atoms with Gasteiger partial charge in [0.15, 0.2) is 6.61 Å². The Hall–Kier alpha value is -2.18. The van der Waals surface area contributed by atoms with Crippen LogP contribution < -0.4 is 4.74 Å². The van der Waals surface area contributed by atoms with Crippen LogP contribution in [0.25, 0.3) is 0 Å². The molecule has 0 spiro atoms. The Labute approximate surface area is 180 Å². The molecule has 1 aromatic rings. The molecular formula is C24H28F2O5. The van der Waals surface area contributed by atoms with Gasteiger partial charge in [-0.25, -0.2) is 9.59 Å². The molecule has 1 N–H and O–H groups in total. The molecular weight excluding hydrogens is 406 g/mol. The molecule has 7 atom stereocenters. The molecule has 7 heteroatoms. The number of carboxylic acid groups (broad SMARTS) is 1. The fraction of sp³-hybridized carbons (Fsp3) is 0.667. The number of rotatable bonds is 7. The second-order valence-corrected chi connectivity index (χ2v) is 9.92. The van der Waals surface area contributed by atoms with Gasteiger partial charge in [-0.1, -0.05) is 6.92 Å². The minimum Gasteiger partial charge on any atom is -0.487 e. The van der Waals surface area contributed by atoms with Crippen LogP contribution in [0.2, 0.25) is 0 Å². The molecule has 1 aromatic carbocycles. The normalized spacial score (nSPS) is 37.6. The minimum atomic E-state index is -4.11. The van der Waals surface area contributed by atoms with Gasteiger partial charge in [-0.3, -0.25) is 0 Å². The summed E-state index contributed by atoms with van der Waals surface area (Å²) in [4.78, 5) is 22.4. The highest BCUT2D eigenvalue weighted by Crippen LogP contribution is 2.70. The predicted octanol–water partition coefficient (Wildman–Crippen LogP) is 4.79. The number of ether oxygens (including phenoxy) is 2. The van der Waals surface area contributed by atoms with E-state index in [2.05, 4.69) is 11.7 Å². The molecule has 4 bridgehead atoms. The van der Waals surface area contributed by atoms with E-state index >= 15 is 0 Å². The van der Waals surface area contributed by atoms with Crippen LogP contribution in [0.1, 0.15) is 55.8 Å². The molecule has 0 radical (unpaired) electrons. The molecule has 4 fully saturated rings. The Morgan fingerprint density at radius 1 is 1.10 bits per heavy atom. The lowest BCUT2D eigenvalue weighted by Gasteiger charge is -2.46. The summed E-state index contributed by atoms with van der Waals surface area (Å²) < 4.78 is 37.3. The molecule has 0 aliphatic heterocycles. The van der Waals surface area contributed by atoms with Crippen molar-refractivity contribution in [3.63, 3.8) is 0 Å². The van der Waals surface area contributed by atoms with Gasteiger partial charge in [0.2, 0.25) is 0 Å². The quantitative estimate of drug-likeness (QED) is 0.493. The van der Waals surface area contributed by atoms with E-state index in [1.165, 1.54) is 37.8 Å². The molecule has 0 amide bonds. The maximum atomic E-state index is 13.1. The van der Waals surface area contributed by atoms with Gasteiger partial charge in [0, 0.05) is 5.92 Å².